The fourth-order valence-corrected chi connectivity index (χ4v) is 5.62. The fraction of sp³-hybridized carbons (Fsp3) is 0.857. The average Bonchev–Trinajstić information content (AvgIpc) is 2.78. The number of H-pyrrole nitrogens is 1. The first kappa shape index (κ1) is 12.1. The Hall–Kier alpha value is -0.680. The van der Waals surface area contributed by atoms with E-state index in [0.29, 0.717) is 4.84 Å². The average molecular weight is 279 g/mol. The second-order valence-electron chi connectivity index (χ2n) is 6.96. The molecule has 1 heterocycles. The van der Waals surface area contributed by atoms with Crippen LogP contribution < -0.4 is 5.73 Å². The second-order valence-corrected chi connectivity index (χ2v) is 7.33. The summed E-state index contributed by atoms with van der Waals surface area (Å²) in [7, 11) is 0. The van der Waals surface area contributed by atoms with Gasteiger partial charge < -0.3 is 10.3 Å². The highest BCUT2D eigenvalue weighted by Gasteiger charge is 2.56. The van der Waals surface area contributed by atoms with E-state index in [9.17, 15) is 0 Å². The highest BCUT2D eigenvalue weighted by molar-refractivity contribution is 7.71. The molecule has 4 bridgehead atoms. The van der Waals surface area contributed by atoms with Gasteiger partial charge in [0.2, 0.25) is 0 Å². The van der Waals surface area contributed by atoms with Crippen molar-refractivity contribution in [1.29, 1.82) is 0 Å². The third-order valence-corrected chi connectivity index (χ3v) is 6.30. The molecule has 0 unspecified atom stereocenters. The predicted molar refractivity (Wildman–Crippen MR) is 73.9 cm³/mol. The highest BCUT2D eigenvalue weighted by Crippen LogP contribution is 2.62. The molecule has 4 fully saturated rings. The summed E-state index contributed by atoms with van der Waals surface area (Å²) in [6.45, 7) is 0.773. The van der Waals surface area contributed by atoms with E-state index in [1.807, 2.05) is 0 Å². The van der Waals surface area contributed by atoms with Crippen LogP contribution in [0.15, 0.2) is 4.52 Å². The largest absolute Gasteiger partial charge is 0.330 e. The monoisotopic (exact) mass is 279 g/mol. The minimum Gasteiger partial charge on any atom is -0.330 e. The van der Waals surface area contributed by atoms with E-state index in [2.05, 4.69) is 10.1 Å². The van der Waals surface area contributed by atoms with Crippen molar-refractivity contribution in [1.82, 2.24) is 10.1 Å². The van der Waals surface area contributed by atoms with Crippen LogP contribution in [-0.4, -0.2) is 16.7 Å². The smallest absolute Gasteiger partial charge is 0.294 e. The molecule has 4 aliphatic carbocycles. The van der Waals surface area contributed by atoms with Crippen molar-refractivity contribution in [2.45, 2.75) is 38.5 Å². The number of hydrogen-bond acceptors (Lipinski definition) is 4. The summed E-state index contributed by atoms with van der Waals surface area (Å²) in [6, 6.07) is 0. The van der Waals surface area contributed by atoms with Crippen LogP contribution in [0.4, 0.5) is 0 Å². The van der Waals surface area contributed by atoms with Gasteiger partial charge in [0.1, 0.15) is 0 Å². The molecule has 1 aromatic heterocycles. The third-order valence-electron chi connectivity index (χ3n) is 6.13. The lowest BCUT2D eigenvalue weighted by Gasteiger charge is -2.61. The lowest BCUT2D eigenvalue weighted by atomic mass is 9.44. The van der Waals surface area contributed by atoms with Gasteiger partial charge in [0.25, 0.3) is 4.84 Å². The number of aromatic nitrogens is 2. The minimum absolute atomic E-state index is 0.239. The van der Waals surface area contributed by atoms with Gasteiger partial charge in [0.15, 0.2) is 5.82 Å². The zero-order valence-corrected chi connectivity index (χ0v) is 11.9. The first-order valence-corrected chi connectivity index (χ1v) is 7.85. The van der Waals surface area contributed by atoms with E-state index in [1.54, 1.807) is 0 Å². The Labute approximate surface area is 118 Å². The van der Waals surface area contributed by atoms with Gasteiger partial charge in [-0.15, -0.1) is 0 Å². The van der Waals surface area contributed by atoms with E-state index >= 15 is 0 Å². The van der Waals surface area contributed by atoms with Gasteiger partial charge in [-0.2, -0.15) is 0 Å². The molecule has 19 heavy (non-hydrogen) atoms. The quantitative estimate of drug-likeness (QED) is 0.835. The topological polar surface area (TPSA) is 67.8 Å². The Morgan fingerprint density at radius 3 is 2.32 bits per heavy atom. The first-order chi connectivity index (χ1) is 9.19. The van der Waals surface area contributed by atoms with Gasteiger partial charge in [-0.1, -0.05) is 5.16 Å². The molecule has 0 amide bonds. The van der Waals surface area contributed by atoms with Gasteiger partial charge in [0.05, 0.1) is 0 Å². The maximum atomic E-state index is 6.25. The molecule has 4 aliphatic rings. The van der Waals surface area contributed by atoms with Crippen LogP contribution in [0.25, 0.3) is 0 Å². The molecule has 5 rings (SSSR count). The lowest BCUT2D eigenvalue weighted by molar-refractivity contribution is -0.104. The van der Waals surface area contributed by atoms with Crippen molar-refractivity contribution in [3.05, 3.63) is 10.7 Å². The van der Waals surface area contributed by atoms with Crippen molar-refractivity contribution in [3.63, 3.8) is 0 Å². The zero-order valence-electron chi connectivity index (χ0n) is 11.1. The van der Waals surface area contributed by atoms with Gasteiger partial charge in [0, 0.05) is 6.42 Å². The Morgan fingerprint density at radius 1 is 1.21 bits per heavy atom. The van der Waals surface area contributed by atoms with Gasteiger partial charge in [-0.3, -0.25) is 4.98 Å². The molecular weight excluding hydrogens is 258 g/mol. The summed E-state index contributed by atoms with van der Waals surface area (Å²) < 4.78 is 5.02. The molecule has 4 nitrogen and oxygen atoms in total. The maximum absolute atomic E-state index is 6.25. The number of nitrogens with zero attached hydrogens (tertiary/aromatic N) is 1. The van der Waals surface area contributed by atoms with Gasteiger partial charge >= 0.3 is 0 Å². The van der Waals surface area contributed by atoms with Crippen LogP contribution in [0, 0.1) is 33.9 Å². The predicted octanol–water partition coefficient (Wildman–Crippen LogP) is 2.68. The normalized spacial score (nSPS) is 43.8. The number of rotatable bonds is 3. The van der Waals surface area contributed by atoms with Crippen LogP contribution in [0.1, 0.15) is 37.9 Å². The third kappa shape index (κ3) is 1.74. The van der Waals surface area contributed by atoms with Crippen molar-refractivity contribution in [2.75, 3.05) is 6.54 Å². The molecule has 0 aliphatic heterocycles. The van der Waals surface area contributed by atoms with E-state index in [1.165, 1.54) is 32.1 Å². The maximum Gasteiger partial charge on any atom is 0.294 e. The van der Waals surface area contributed by atoms with E-state index in [-0.39, 0.29) is 5.41 Å². The number of hydrogen-bond donors (Lipinski definition) is 2. The van der Waals surface area contributed by atoms with Crippen LogP contribution in [-0.2, 0) is 6.42 Å². The van der Waals surface area contributed by atoms with Crippen molar-refractivity contribution >= 4 is 12.2 Å². The summed E-state index contributed by atoms with van der Waals surface area (Å²) in [4.78, 5) is 3.46. The lowest BCUT2D eigenvalue weighted by Crippen LogP contribution is -2.57. The molecule has 3 N–H and O–H groups in total. The van der Waals surface area contributed by atoms with Gasteiger partial charge in [-0.05, 0) is 80.0 Å². The summed E-state index contributed by atoms with van der Waals surface area (Å²) in [6.07, 6.45) is 7.90. The molecule has 0 spiro atoms. The van der Waals surface area contributed by atoms with Crippen LogP contribution in [0.3, 0.4) is 0 Å². The number of nitrogens with two attached hydrogens (primary N) is 1. The van der Waals surface area contributed by atoms with Crippen molar-refractivity contribution < 1.29 is 4.52 Å². The van der Waals surface area contributed by atoms with Gasteiger partial charge in [-0.25, -0.2) is 0 Å². The molecule has 0 aromatic carbocycles. The Balaban J connectivity index is 1.67. The fourth-order valence-electron chi connectivity index (χ4n) is 5.47. The molecule has 104 valence electrons. The number of nitrogens with one attached hydrogen (secondary N) is 1. The standard InChI is InChI=1S/C14H21N3OS/c15-7-14(6-12-16-13(19)18-17-12)10-2-8-1-9(4-10)5-11(14)3-8/h8-11H,1-7,15H2,(H,16,17,19). The Bertz CT molecular complexity index is 507. The SMILES string of the molecule is NCC1(Cc2noc(=S)[nH]2)C2CC3CC(C2)CC1C3. The zero-order chi connectivity index (χ0) is 13.0. The molecule has 4 saturated carbocycles. The van der Waals surface area contributed by atoms with E-state index < -0.39 is 0 Å². The summed E-state index contributed by atoms with van der Waals surface area (Å²) in [5.41, 5.74) is 6.48. The van der Waals surface area contributed by atoms with E-state index in [4.69, 9.17) is 22.5 Å². The van der Waals surface area contributed by atoms with Crippen molar-refractivity contribution in [3.8, 4) is 0 Å². The molecule has 0 atom stereocenters. The first-order valence-electron chi connectivity index (χ1n) is 7.44. The summed E-state index contributed by atoms with van der Waals surface area (Å²) >= 11 is 4.98. The Kier molecular flexibility index (Phi) is 2.64. The number of aromatic amines is 1. The Morgan fingerprint density at radius 2 is 1.84 bits per heavy atom. The van der Waals surface area contributed by atoms with E-state index in [0.717, 1.165) is 42.5 Å². The minimum atomic E-state index is 0.239. The summed E-state index contributed by atoms with van der Waals surface area (Å²) in [5, 5.41) is 4.07. The van der Waals surface area contributed by atoms with Crippen LogP contribution >= 0.6 is 12.2 Å². The molecular formula is C14H21N3OS. The molecule has 1 aromatic rings. The summed E-state index contributed by atoms with van der Waals surface area (Å²) in [5.74, 6) is 4.40. The molecule has 5 heteroatoms. The van der Waals surface area contributed by atoms with Crippen molar-refractivity contribution in [2.24, 2.45) is 34.8 Å². The molecule has 0 radical (unpaired) electrons. The highest BCUT2D eigenvalue weighted by atomic mass is 32.1. The second kappa shape index (κ2) is 4.16. The molecule has 0 saturated heterocycles. The van der Waals surface area contributed by atoms with Crippen LogP contribution in [0.5, 0.6) is 0 Å². The van der Waals surface area contributed by atoms with Crippen LogP contribution in [0.2, 0.25) is 0 Å².